The highest BCUT2D eigenvalue weighted by atomic mass is 35.5. The van der Waals surface area contributed by atoms with Gasteiger partial charge in [0.15, 0.2) is 0 Å². The standard InChI is InChI=1S/C7H7ClN/c1-2-7-4-3-6(8)5-9-7/h2-5H,1H3. The molecule has 0 aliphatic heterocycles. The number of halogens is 1. The summed E-state index contributed by atoms with van der Waals surface area (Å²) in [5.41, 5.74) is 0.958. The average molecular weight is 141 g/mol. The van der Waals surface area contributed by atoms with Crippen molar-refractivity contribution in [2.24, 2.45) is 0 Å². The van der Waals surface area contributed by atoms with Crippen LogP contribution >= 0.6 is 11.6 Å². The Labute approximate surface area is 59.7 Å². The molecule has 0 N–H and O–H groups in total. The van der Waals surface area contributed by atoms with E-state index in [0.29, 0.717) is 5.02 Å². The van der Waals surface area contributed by atoms with Crippen LogP contribution < -0.4 is 0 Å². The summed E-state index contributed by atoms with van der Waals surface area (Å²) in [6.07, 6.45) is 3.56. The molecule has 0 aliphatic rings. The van der Waals surface area contributed by atoms with Crippen molar-refractivity contribution in [3.8, 4) is 0 Å². The Hall–Kier alpha value is -0.560. The lowest BCUT2D eigenvalue weighted by Gasteiger charge is -1.91. The van der Waals surface area contributed by atoms with Gasteiger partial charge in [-0.2, -0.15) is 0 Å². The van der Waals surface area contributed by atoms with Crippen LogP contribution in [0.25, 0.3) is 0 Å². The fraction of sp³-hybridized carbons (Fsp3) is 0.143. The van der Waals surface area contributed by atoms with Crippen LogP contribution in [0.4, 0.5) is 0 Å². The molecule has 0 aliphatic carbocycles. The molecule has 0 unspecified atom stereocenters. The smallest absolute Gasteiger partial charge is 0.0589 e. The molecule has 1 radical (unpaired) electrons. The lowest BCUT2D eigenvalue weighted by atomic mass is 10.3. The highest BCUT2D eigenvalue weighted by molar-refractivity contribution is 6.30. The Morgan fingerprint density at radius 1 is 1.56 bits per heavy atom. The third kappa shape index (κ3) is 1.68. The van der Waals surface area contributed by atoms with Crippen molar-refractivity contribution in [3.05, 3.63) is 35.5 Å². The van der Waals surface area contributed by atoms with Gasteiger partial charge < -0.3 is 0 Å². The van der Waals surface area contributed by atoms with Crippen molar-refractivity contribution in [1.29, 1.82) is 0 Å². The van der Waals surface area contributed by atoms with Gasteiger partial charge in [-0.05, 0) is 12.1 Å². The zero-order chi connectivity index (χ0) is 6.69. The molecule has 1 rings (SSSR count). The maximum absolute atomic E-state index is 5.59. The van der Waals surface area contributed by atoms with Gasteiger partial charge in [0.05, 0.1) is 5.02 Å². The highest BCUT2D eigenvalue weighted by Crippen LogP contribution is 2.06. The van der Waals surface area contributed by atoms with Crippen LogP contribution in [0.2, 0.25) is 5.02 Å². The van der Waals surface area contributed by atoms with Crippen LogP contribution in [0.1, 0.15) is 12.6 Å². The van der Waals surface area contributed by atoms with Crippen molar-refractivity contribution < 1.29 is 0 Å². The summed E-state index contributed by atoms with van der Waals surface area (Å²) in [5.74, 6) is 0. The number of nitrogens with zero attached hydrogens (tertiary/aromatic N) is 1. The molecule has 0 amide bonds. The molecule has 2 heteroatoms. The molecular formula is C7H7ClN. The Kier molecular flexibility index (Phi) is 2.06. The maximum Gasteiger partial charge on any atom is 0.0589 e. The van der Waals surface area contributed by atoms with Crippen LogP contribution in [0.5, 0.6) is 0 Å². The molecule has 0 atom stereocenters. The zero-order valence-corrected chi connectivity index (χ0v) is 5.89. The largest absolute Gasteiger partial charge is 0.259 e. The molecule has 1 nitrogen and oxygen atoms in total. The monoisotopic (exact) mass is 140 g/mol. The Morgan fingerprint density at radius 3 is 2.78 bits per heavy atom. The van der Waals surface area contributed by atoms with Crippen molar-refractivity contribution in [1.82, 2.24) is 4.98 Å². The fourth-order valence-electron chi connectivity index (χ4n) is 0.558. The SMILES string of the molecule is C[CH]c1ccc(Cl)cn1. The van der Waals surface area contributed by atoms with Crippen molar-refractivity contribution >= 4 is 11.6 Å². The van der Waals surface area contributed by atoms with Crippen molar-refractivity contribution in [2.45, 2.75) is 6.92 Å². The normalized spacial score (nSPS) is 9.56. The molecule has 47 valence electrons. The predicted molar refractivity (Wildman–Crippen MR) is 38.3 cm³/mol. The van der Waals surface area contributed by atoms with E-state index in [4.69, 9.17) is 11.6 Å². The summed E-state index contributed by atoms with van der Waals surface area (Å²) in [6.45, 7) is 1.94. The molecule has 1 heterocycles. The number of pyridine rings is 1. The first-order chi connectivity index (χ1) is 4.33. The van der Waals surface area contributed by atoms with Crippen LogP contribution in [0, 0.1) is 6.42 Å². The molecule has 0 spiro atoms. The molecule has 0 aromatic carbocycles. The van der Waals surface area contributed by atoms with Crippen molar-refractivity contribution in [3.63, 3.8) is 0 Å². The molecule has 0 saturated heterocycles. The number of rotatable bonds is 1. The van der Waals surface area contributed by atoms with Gasteiger partial charge in [-0.1, -0.05) is 18.5 Å². The van der Waals surface area contributed by atoms with E-state index in [0.717, 1.165) is 5.69 Å². The minimum Gasteiger partial charge on any atom is -0.259 e. The first-order valence-corrected chi connectivity index (χ1v) is 3.11. The van der Waals surface area contributed by atoms with E-state index in [1.165, 1.54) is 0 Å². The Bertz CT molecular complexity index is 181. The van der Waals surface area contributed by atoms with Gasteiger partial charge in [-0.3, -0.25) is 4.98 Å². The lowest BCUT2D eigenvalue weighted by molar-refractivity contribution is 1.20. The third-order valence-electron chi connectivity index (χ3n) is 1.05. The minimum absolute atomic E-state index is 0.681. The van der Waals surface area contributed by atoms with Gasteiger partial charge in [0.2, 0.25) is 0 Å². The van der Waals surface area contributed by atoms with Gasteiger partial charge in [0.25, 0.3) is 0 Å². The molecule has 1 aromatic heterocycles. The van der Waals surface area contributed by atoms with E-state index in [9.17, 15) is 0 Å². The second-order valence-corrected chi connectivity index (χ2v) is 2.13. The molecule has 9 heavy (non-hydrogen) atoms. The number of hydrogen-bond acceptors (Lipinski definition) is 1. The summed E-state index contributed by atoms with van der Waals surface area (Å²) in [4.78, 5) is 4.01. The predicted octanol–water partition coefficient (Wildman–Crippen LogP) is 2.31. The minimum atomic E-state index is 0.681. The molecule has 1 aromatic rings. The summed E-state index contributed by atoms with van der Waals surface area (Å²) in [7, 11) is 0. The third-order valence-corrected chi connectivity index (χ3v) is 1.27. The van der Waals surface area contributed by atoms with Gasteiger partial charge in [0, 0.05) is 18.3 Å². The molecular weight excluding hydrogens is 134 g/mol. The van der Waals surface area contributed by atoms with Crippen molar-refractivity contribution in [2.75, 3.05) is 0 Å². The topological polar surface area (TPSA) is 12.9 Å². The zero-order valence-electron chi connectivity index (χ0n) is 5.13. The van der Waals surface area contributed by atoms with Crippen LogP contribution in [-0.4, -0.2) is 4.98 Å². The van der Waals surface area contributed by atoms with E-state index in [1.807, 2.05) is 25.5 Å². The second-order valence-electron chi connectivity index (χ2n) is 1.69. The van der Waals surface area contributed by atoms with E-state index in [2.05, 4.69) is 4.98 Å². The lowest BCUT2D eigenvalue weighted by Crippen LogP contribution is -1.80. The molecule has 0 saturated carbocycles. The van der Waals surface area contributed by atoms with Crippen LogP contribution in [0.15, 0.2) is 18.3 Å². The quantitative estimate of drug-likeness (QED) is 0.584. The Balaban J connectivity index is 2.88. The maximum atomic E-state index is 5.59. The summed E-state index contributed by atoms with van der Waals surface area (Å²) >= 11 is 5.59. The van der Waals surface area contributed by atoms with Crippen LogP contribution in [0.3, 0.4) is 0 Å². The number of aromatic nitrogens is 1. The van der Waals surface area contributed by atoms with E-state index >= 15 is 0 Å². The van der Waals surface area contributed by atoms with E-state index in [1.54, 1.807) is 6.20 Å². The molecule has 0 bridgehead atoms. The average Bonchev–Trinajstić information content (AvgIpc) is 1.90. The summed E-state index contributed by atoms with van der Waals surface area (Å²) < 4.78 is 0. The summed E-state index contributed by atoms with van der Waals surface area (Å²) in [5, 5.41) is 0.681. The van der Waals surface area contributed by atoms with Crippen LogP contribution in [-0.2, 0) is 0 Å². The molecule has 0 fully saturated rings. The highest BCUT2D eigenvalue weighted by Gasteiger charge is 1.88. The summed E-state index contributed by atoms with van der Waals surface area (Å²) in [6, 6.07) is 3.70. The first kappa shape index (κ1) is 6.56. The van der Waals surface area contributed by atoms with E-state index in [-0.39, 0.29) is 0 Å². The first-order valence-electron chi connectivity index (χ1n) is 2.74. The van der Waals surface area contributed by atoms with Gasteiger partial charge in [-0.15, -0.1) is 0 Å². The Morgan fingerprint density at radius 2 is 2.33 bits per heavy atom. The van der Waals surface area contributed by atoms with Gasteiger partial charge in [0.1, 0.15) is 0 Å². The van der Waals surface area contributed by atoms with Gasteiger partial charge >= 0.3 is 0 Å². The second kappa shape index (κ2) is 2.83. The van der Waals surface area contributed by atoms with Gasteiger partial charge in [-0.25, -0.2) is 0 Å². The fourth-order valence-corrected chi connectivity index (χ4v) is 0.670. The van der Waals surface area contributed by atoms with E-state index < -0.39 is 0 Å². The number of hydrogen-bond donors (Lipinski definition) is 0.